The highest BCUT2D eigenvalue weighted by atomic mass is 32.2. The fourth-order valence-electron chi connectivity index (χ4n) is 2.44. The second kappa shape index (κ2) is 6.61. The third-order valence-electron chi connectivity index (χ3n) is 3.53. The monoisotopic (exact) mass is 259 g/mol. The molecule has 0 aromatic rings. The Morgan fingerprint density at radius 3 is 2.65 bits per heavy atom. The lowest BCUT2D eigenvalue weighted by molar-refractivity contribution is -0.149. The number of carboxylic acid groups (broad SMARTS) is 1. The smallest absolute Gasteiger partial charge is 0.332 e. The Bertz CT molecular complexity index is 256. The van der Waals surface area contributed by atoms with Crippen LogP contribution in [-0.2, 0) is 9.53 Å². The van der Waals surface area contributed by atoms with E-state index in [1.807, 2.05) is 11.8 Å². The summed E-state index contributed by atoms with van der Waals surface area (Å²) in [5.74, 6) is 2.55. The van der Waals surface area contributed by atoms with Crippen molar-refractivity contribution in [3.8, 4) is 0 Å². The van der Waals surface area contributed by atoms with Crippen molar-refractivity contribution in [3.05, 3.63) is 0 Å². The summed E-state index contributed by atoms with van der Waals surface area (Å²) >= 11 is 2.04. The fourth-order valence-corrected chi connectivity index (χ4v) is 3.64. The number of carbonyl (C=O) groups is 1. The first kappa shape index (κ1) is 13.2. The molecule has 5 heteroatoms. The normalized spacial score (nSPS) is 30.6. The van der Waals surface area contributed by atoms with Gasteiger partial charge in [0.15, 0.2) is 6.10 Å². The lowest BCUT2D eigenvalue weighted by atomic mass is 10.0. The van der Waals surface area contributed by atoms with Gasteiger partial charge in [0.2, 0.25) is 0 Å². The van der Waals surface area contributed by atoms with E-state index in [0.717, 1.165) is 25.4 Å². The highest BCUT2D eigenvalue weighted by Gasteiger charge is 2.30. The van der Waals surface area contributed by atoms with Crippen LogP contribution in [0.5, 0.6) is 0 Å². The van der Waals surface area contributed by atoms with Crippen molar-refractivity contribution in [2.45, 2.75) is 37.9 Å². The van der Waals surface area contributed by atoms with E-state index in [9.17, 15) is 4.79 Å². The van der Waals surface area contributed by atoms with Gasteiger partial charge in [-0.3, -0.25) is 0 Å². The van der Waals surface area contributed by atoms with Crippen LogP contribution in [0.1, 0.15) is 25.7 Å². The molecule has 2 heterocycles. The van der Waals surface area contributed by atoms with Crippen LogP contribution in [0.25, 0.3) is 0 Å². The number of nitrogens with one attached hydrogen (secondary N) is 1. The van der Waals surface area contributed by atoms with E-state index >= 15 is 0 Å². The largest absolute Gasteiger partial charge is 0.479 e. The molecule has 0 aromatic heterocycles. The molecule has 0 radical (unpaired) electrons. The first-order valence-corrected chi connectivity index (χ1v) is 7.58. The number of hydrogen-bond acceptors (Lipinski definition) is 4. The zero-order chi connectivity index (χ0) is 12.1. The predicted octanol–water partition coefficient (Wildman–Crippen LogP) is 1.35. The van der Waals surface area contributed by atoms with Gasteiger partial charge in [-0.1, -0.05) is 0 Å². The second-order valence-corrected chi connectivity index (χ2v) is 6.10. The van der Waals surface area contributed by atoms with Crippen LogP contribution in [-0.4, -0.2) is 47.9 Å². The lowest BCUT2D eigenvalue weighted by Gasteiger charge is -2.22. The zero-order valence-corrected chi connectivity index (χ0v) is 10.9. The van der Waals surface area contributed by atoms with Crippen LogP contribution >= 0.6 is 11.8 Å². The van der Waals surface area contributed by atoms with E-state index in [-0.39, 0.29) is 6.10 Å². The first-order chi connectivity index (χ1) is 8.25. The molecule has 98 valence electrons. The van der Waals surface area contributed by atoms with Crippen LogP contribution in [0.15, 0.2) is 0 Å². The molecule has 2 aliphatic heterocycles. The topological polar surface area (TPSA) is 58.6 Å². The van der Waals surface area contributed by atoms with Gasteiger partial charge in [0.1, 0.15) is 0 Å². The molecule has 2 unspecified atom stereocenters. The summed E-state index contributed by atoms with van der Waals surface area (Å²) in [6.07, 6.45) is 3.65. The average molecular weight is 259 g/mol. The van der Waals surface area contributed by atoms with Crippen molar-refractivity contribution in [1.29, 1.82) is 0 Å². The molecule has 2 atom stereocenters. The van der Waals surface area contributed by atoms with Crippen molar-refractivity contribution < 1.29 is 14.6 Å². The Hall–Kier alpha value is -0.260. The van der Waals surface area contributed by atoms with Gasteiger partial charge in [-0.15, -0.1) is 0 Å². The third kappa shape index (κ3) is 4.16. The van der Waals surface area contributed by atoms with E-state index in [1.54, 1.807) is 0 Å². The average Bonchev–Trinajstić information content (AvgIpc) is 2.79. The van der Waals surface area contributed by atoms with E-state index in [2.05, 4.69) is 5.32 Å². The molecule has 0 bridgehead atoms. The summed E-state index contributed by atoms with van der Waals surface area (Å²) in [6.45, 7) is 1.85. The van der Waals surface area contributed by atoms with Gasteiger partial charge < -0.3 is 15.2 Å². The molecule has 2 rings (SSSR count). The van der Waals surface area contributed by atoms with Crippen LogP contribution in [0.4, 0.5) is 0 Å². The van der Waals surface area contributed by atoms with Crippen LogP contribution in [0.2, 0.25) is 0 Å². The van der Waals surface area contributed by atoms with Gasteiger partial charge in [-0.2, -0.15) is 11.8 Å². The molecule has 4 nitrogen and oxygen atoms in total. The molecule has 2 fully saturated rings. The third-order valence-corrected chi connectivity index (χ3v) is 4.58. The number of rotatable bonds is 5. The summed E-state index contributed by atoms with van der Waals surface area (Å²) in [4.78, 5) is 10.7. The predicted molar refractivity (Wildman–Crippen MR) is 68.4 cm³/mol. The number of hydrogen-bond donors (Lipinski definition) is 2. The number of ether oxygens (including phenoxy) is 1. The fraction of sp³-hybridized carbons (Fsp3) is 0.917. The van der Waals surface area contributed by atoms with Gasteiger partial charge in [-0.05, 0) is 49.7 Å². The highest BCUT2D eigenvalue weighted by molar-refractivity contribution is 7.99. The molecule has 0 aromatic carbocycles. The Balaban J connectivity index is 1.58. The van der Waals surface area contributed by atoms with Crippen LogP contribution in [0, 0.1) is 5.92 Å². The molecule has 0 spiro atoms. The second-order valence-electron chi connectivity index (χ2n) is 4.88. The van der Waals surface area contributed by atoms with Gasteiger partial charge >= 0.3 is 5.97 Å². The Labute approximate surface area is 106 Å². The van der Waals surface area contributed by atoms with Gasteiger partial charge in [-0.25, -0.2) is 4.79 Å². The number of carboxylic acids is 1. The number of aliphatic carboxylic acids is 1. The Morgan fingerprint density at radius 2 is 2.00 bits per heavy atom. The molecule has 0 amide bonds. The first-order valence-electron chi connectivity index (χ1n) is 6.42. The Morgan fingerprint density at radius 1 is 1.24 bits per heavy atom. The maximum Gasteiger partial charge on any atom is 0.332 e. The summed E-state index contributed by atoms with van der Waals surface area (Å²) in [6, 6.07) is 0. The minimum atomic E-state index is -0.822. The molecular weight excluding hydrogens is 238 g/mol. The molecular formula is C12H21NO3S. The van der Waals surface area contributed by atoms with E-state index in [1.165, 1.54) is 24.3 Å². The van der Waals surface area contributed by atoms with E-state index in [0.29, 0.717) is 6.42 Å². The summed E-state index contributed by atoms with van der Waals surface area (Å²) < 4.78 is 5.45. The van der Waals surface area contributed by atoms with E-state index in [4.69, 9.17) is 9.84 Å². The van der Waals surface area contributed by atoms with Crippen molar-refractivity contribution in [1.82, 2.24) is 5.32 Å². The van der Waals surface area contributed by atoms with Crippen LogP contribution in [0.3, 0.4) is 0 Å². The van der Waals surface area contributed by atoms with Gasteiger partial charge in [0.25, 0.3) is 0 Å². The minimum Gasteiger partial charge on any atom is -0.479 e. The Kier molecular flexibility index (Phi) is 5.13. The quantitative estimate of drug-likeness (QED) is 0.780. The molecule has 17 heavy (non-hydrogen) atoms. The van der Waals surface area contributed by atoms with Crippen molar-refractivity contribution in [2.24, 2.45) is 5.92 Å². The van der Waals surface area contributed by atoms with Gasteiger partial charge in [0.05, 0.1) is 6.10 Å². The minimum absolute atomic E-state index is 0.0917. The molecule has 2 N–H and O–H groups in total. The molecule has 0 aliphatic carbocycles. The summed E-state index contributed by atoms with van der Waals surface area (Å²) in [5.41, 5.74) is 0. The number of thioether (sulfide) groups is 1. The summed E-state index contributed by atoms with van der Waals surface area (Å²) in [5, 5.41) is 12.2. The van der Waals surface area contributed by atoms with Crippen molar-refractivity contribution >= 4 is 17.7 Å². The van der Waals surface area contributed by atoms with Crippen molar-refractivity contribution in [3.63, 3.8) is 0 Å². The van der Waals surface area contributed by atoms with E-state index < -0.39 is 12.1 Å². The molecule has 2 aliphatic rings. The maximum atomic E-state index is 10.7. The maximum absolute atomic E-state index is 10.7. The van der Waals surface area contributed by atoms with Crippen LogP contribution < -0.4 is 5.32 Å². The standard InChI is InChI=1S/C12H21NO3S/c14-12(15)11-2-1-10(16-11)8-13-7-9-3-5-17-6-4-9/h9-11,13H,1-8H2,(H,14,15). The SMILES string of the molecule is O=C(O)C1CCC(CNCC2CCSCC2)O1. The van der Waals surface area contributed by atoms with Gasteiger partial charge in [0, 0.05) is 6.54 Å². The highest BCUT2D eigenvalue weighted by Crippen LogP contribution is 2.22. The lowest BCUT2D eigenvalue weighted by Crippen LogP contribution is -2.33. The summed E-state index contributed by atoms with van der Waals surface area (Å²) in [7, 11) is 0. The zero-order valence-electron chi connectivity index (χ0n) is 10.1. The molecule has 0 saturated carbocycles. The van der Waals surface area contributed by atoms with Crippen molar-refractivity contribution in [2.75, 3.05) is 24.6 Å². The molecule has 2 saturated heterocycles.